The second-order valence-corrected chi connectivity index (χ2v) is 8.14. The van der Waals surface area contributed by atoms with Gasteiger partial charge in [0.2, 0.25) is 0 Å². The van der Waals surface area contributed by atoms with Crippen molar-refractivity contribution >= 4 is 17.0 Å². The molecule has 0 aliphatic carbocycles. The number of ether oxygens (including phenoxy) is 2. The summed E-state index contributed by atoms with van der Waals surface area (Å²) in [6.45, 7) is 4.42. The van der Waals surface area contributed by atoms with Gasteiger partial charge in [0.05, 0.1) is 5.56 Å². The number of carbonyl (C=O) groups is 1. The van der Waals surface area contributed by atoms with Gasteiger partial charge < -0.3 is 9.47 Å². The molecule has 0 amide bonds. The van der Waals surface area contributed by atoms with E-state index in [-0.39, 0.29) is 0 Å². The van der Waals surface area contributed by atoms with Crippen molar-refractivity contribution in [3.05, 3.63) is 113 Å². The lowest BCUT2D eigenvalue weighted by Gasteiger charge is -2.11. The van der Waals surface area contributed by atoms with Crippen molar-refractivity contribution in [3.8, 4) is 17.2 Å². The molecule has 1 heterocycles. The summed E-state index contributed by atoms with van der Waals surface area (Å²) in [4.78, 5) is 14.4. The molecule has 0 fully saturated rings. The highest BCUT2D eigenvalue weighted by Gasteiger charge is 2.15. The predicted octanol–water partition coefficient (Wildman–Crippen LogP) is 5.84. The maximum atomic E-state index is 12.9. The van der Waals surface area contributed by atoms with Gasteiger partial charge in [-0.25, -0.2) is 4.79 Å². The smallest absolute Gasteiger partial charge is 0.343 e. The van der Waals surface area contributed by atoms with Crippen LogP contribution in [0.1, 0.15) is 27.0 Å². The van der Waals surface area contributed by atoms with Crippen LogP contribution >= 0.6 is 0 Å². The van der Waals surface area contributed by atoms with Gasteiger partial charge in [-0.05, 0) is 73.5 Å². The van der Waals surface area contributed by atoms with Crippen LogP contribution in [-0.2, 0) is 6.61 Å². The molecule has 6 nitrogen and oxygen atoms in total. The van der Waals surface area contributed by atoms with Gasteiger partial charge in [0.15, 0.2) is 5.75 Å². The fourth-order valence-electron chi connectivity index (χ4n) is 3.53. The molecule has 34 heavy (non-hydrogen) atoms. The fraction of sp³-hybridized carbons (Fsp3) is 0.107. The first-order valence-corrected chi connectivity index (χ1v) is 11.0. The van der Waals surface area contributed by atoms with Crippen LogP contribution in [0.25, 0.3) is 16.7 Å². The average molecular weight is 450 g/mol. The summed E-state index contributed by atoms with van der Waals surface area (Å²) in [5.41, 5.74) is 5.74. The number of aryl methyl sites for hydroxylation is 2. The van der Waals surface area contributed by atoms with Gasteiger partial charge in [-0.3, -0.25) is 0 Å². The summed E-state index contributed by atoms with van der Waals surface area (Å²) in [6.07, 6.45) is 0. The van der Waals surface area contributed by atoms with E-state index in [4.69, 9.17) is 9.47 Å². The van der Waals surface area contributed by atoms with Crippen LogP contribution in [0.3, 0.4) is 0 Å². The van der Waals surface area contributed by atoms with Crippen molar-refractivity contribution in [2.75, 3.05) is 0 Å². The van der Waals surface area contributed by atoms with Crippen molar-refractivity contribution in [1.82, 2.24) is 15.0 Å². The van der Waals surface area contributed by atoms with Crippen molar-refractivity contribution in [1.29, 1.82) is 0 Å². The minimum Gasteiger partial charge on any atom is -0.489 e. The molecule has 0 saturated carbocycles. The number of aromatic nitrogens is 3. The van der Waals surface area contributed by atoms with Gasteiger partial charge in [-0.15, -0.1) is 15.0 Å². The number of hydrogen-bond acceptors (Lipinski definition) is 5. The van der Waals surface area contributed by atoms with E-state index >= 15 is 0 Å². The standard InChI is InChI=1S/C28H23N3O3/c1-19-7-14-23(15-8-19)33-18-21-10-12-22(13-11-21)28(32)34-27-16-9-20(2)17-26(27)31-29-24-5-3-4-6-25(24)30-31/h3-17H,18H2,1-2H3. The van der Waals surface area contributed by atoms with Crippen LogP contribution in [0.4, 0.5) is 0 Å². The zero-order valence-corrected chi connectivity index (χ0v) is 18.9. The number of rotatable bonds is 6. The molecule has 0 atom stereocenters. The maximum absolute atomic E-state index is 12.9. The largest absolute Gasteiger partial charge is 0.489 e. The Balaban J connectivity index is 1.31. The molecule has 0 unspecified atom stereocenters. The Bertz CT molecular complexity index is 1420. The van der Waals surface area contributed by atoms with Crippen molar-refractivity contribution < 1.29 is 14.3 Å². The Morgan fingerprint density at radius 1 is 0.794 bits per heavy atom. The zero-order chi connectivity index (χ0) is 23.5. The third-order valence-corrected chi connectivity index (χ3v) is 5.44. The van der Waals surface area contributed by atoms with E-state index in [0.717, 1.165) is 27.9 Å². The Morgan fingerprint density at radius 3 is 2.12 bits per heavy atom. The van der Waals surface area contributed by atoms with E-state index in [1.165, 1.54) is 10.4 Å². The molecule has 5 aromatic rings. The molecule has 0 saturated heterocycles. The SMILES string of the molecule is Cc1ccc(OCc2ccc(C(=O)Oc3ccc(C)cc3-n3nc4ccccc4n3)cc2)cc1. The molecule has 6 heteroatoms. The molecule has 168 valence electrons. The lowest BCUT2D eigenvalue weighted by atomic mass is 10.1. The van der Waals surface area contributed by atoms with Gasteiger partial charge in [-0.1, -0.05) is 48.0 Å². The number of fused-ring (bicyclic) bond motifs is 1. The fourth-order valence-corrected chi connectivity index (χ4v) is 3.53. The molecule has 0 N–H and O–H groups in total. The summed E-state index contributed by atoms with van der Waals surface area (Å²) < 4.78 is 11.6. The summed E-state index contributed by atoms with van der Waals surface area (Å²) in [5.74, 6) is 0.747. The van der Waals surface area contributed by atoms with Crippen LogP contribution in [0.5, 0.6) is 11.5 Å². The lowest BCUT2D eigenvalue weighted by molar-refractivity contribution is 0.0734. The number of hydrogen-bond donors (Lipinski definition) is 0. The Labute approximate surface area is 197 Å². The summed E-state index contributed by atoms with van der Waals surface area (Å²) in [6, 6.07) is 28.3. The van der Waals surface area contributed by atoms with Crippen LogP contribution < -0.4 is 9.47 Å². The minimum absolute atomic E-state index is 0.391. The summed E-state index contributed by atoms with van der Waals surface area (Å²) in [7, 11) is 0. The zero-order valence-electron chi connectivity index (χ0n) is 18.9. The van der Waals surface area contributed by atoms with Crippen LogP contribution in [0, 0.1) is 13.8 Å². The third kappa shape index (κ3) is 4.66. The predicted molar refractivity (Wildman–Crippen MR) is 131 cm³/mol. The van der Waals surface area contributed by atoms with E-state index in [0.29, 0.717) is 23.6 Å². The average Bonchev–Trinajstić information content (AvgIpc) is 3.29. The molecular formula is C28H23N3O3. The quantitative estimate of drug-likeness (QED) is 0.241. The summed E-state index contributed by atoms with van der Waals surface area (Å²) >= 11 is 0. The monoisotopic (exact) mass is 449 g/mol. The Morgan fingerprint density at radius 2 is 1.44 bits per heavy atom. The second-order valence-electron chi connectivity index (χ2n) is 8.14. The molecule has 4 aromatic carbocycles. The first-order chi connectivity index (χ1) is 16.5. The number of esters is 1. The van der Waals surface area contributed by atoms with Crippen LogP contribution in [0.15, 0.2) is 91.0 Å². The van der Waals surface area contributed by atoms with E-state index < -0.39 is 5.97 Å². The van der Waals surface area contributed by atoms with Crippen molar-refractivity contribution in [3.63, 3.8) is 0 Å². The highest BCUT2D eigenvalue weighted by molar-refractivity contribution is 5.91. The maximum Gasteiger partial charge on any atom is 0.343 e. The van der Waals surface area contributed by atoms with Gasteiger partial charge in [0.1, 0.15) is 29.1 Å². The van der Waals surface area contributed by atoms with E-state index in [1.807, 2.05) is 86.6 Å². The van der Waals surface area contributed by atoms with E-state index in [9.17, 15) is 4.79 Å². The molecule has 0 aliphatic rings. The molecule has 0 spiro atoms. The second kappa shape index (κ2) is 9.19. The lowest BCUT2D eigenvalue weighted by Crippen LogP contribution is -2.11. The molecule has 0 radical (unpaired) electrons. The first-order valence-electron chi connectivity index (χ1n) is 11.0. The van der Waals surface area contributed by atoms with Crippen molar-refractivity contribution in [2.45, 2.75) is 20.5 Å². The number of benzene rings is 4. The topological polar surface area (TPSA) is 66.2 Å². The summed E-state index contributed by atoms with van der Waals surface area (Å²) in [5, 5.41) is 9.05. The van der Waals surface area contributed by atoms with Crippen LogP contribution in [-0.4, -0.2) is 21.0 Å². The highest BCUT2D eigenvalue weighted by Crippen LogP contribution is 2.25. The Kier molecular flexibility index (Phi) is 5.79. The molecular weight excluding hydrogens is 426 g/mol. The molecule has 0 bridgehead atoms. The number of carbonyl (C=O) groups excluding carboxylic acids is 1. The molecule has 0 aliphatic heterocycles. The molecule has 5 rings (SSSR count). The number of nitrogens with zero attached hydrogens (tertiary/aromatic N) is 3. The van der Waals surface area contributed by atoms with Gasteiger partial charge in [0, 0.05) is 0 Å². The minimum atomic E-state index is -0.451. The van der Waals surface area contributed by atoms with Gasteiger partial charge >= 0.3 is 5.97 Å². The molecule has 1 aromatic heterocycles. The van der Waals surface area contributed by atoms with Crippen molar-refractivity contribution in [2.24, 2.45) is 0 Å². The van der Waals surface area contributed by atoms with Gasteiger partial charge in [0.25, 0.3) is 0 Å². The normalized spacial score (nSPS) is 10.9. The Hall–Kier alpha value is -4.45. The van der Waals surface area contributed by atoms with E-state index in [2.05, 4.69) is 10.2 Å². The third-order valence-electron chi connectivity index (χ3n) is 5.44. The first kappa shape index (κ1) is 21.4. The van der Waals surface area contributed by atoms with E-state index in [1.54, 1.807) is 18.2 Å². The highest BCUT2D eigenvalue weighted by atomic mass is 16.5. The van der Waals surface area contributed by atoms with Gasteiger partial charge in [-0.2, -0.15) is 0 Å². The van der Waals surface area contributed by atoms with Crippen LogP contribution in [0.2, 0.25) is 0 Å².